The molecule has 122 valence electrons. The molecule has 2 aromatic carbocycles. The number of nitrogens with zero attached hydrogens (tertiary/aromatic N) is 1. The Balaban J connectivity index is 1.59. The van der Waals surface area contributed by atoms with Crippen molar-refractivity contribution in [2.45, 2.75) is 6.54 Å². The number of nitrogens with one attached hydrogen (secondary N) is 2. The molecule has 0 saturated heterocycles. The summed E-state index contributed by atoms with van der Waals surface area (Å²) in [7, 11) is 1.62. The average Bonchev–Trinajstić information content (AvgIpc) is 3.15. The van der Waals surface area contributed by atoms with Crippen LogP contribution in [-0.2, 0) is 6.54 Å². The van der Waals surface area contributed by atoms with E-state index in [0.29, 0.717) is 6.54 Å². The molecule has 0 aliphatic rings. The lowest BCUT2D eigenvalue weighted by atomic mass is 10.2. The molecule has 0 fully saturated rings. The van der Waals surface area contributed by atoms with Gasteiger partial charge in [-0.15, -0.1) is 0 Å². The van der Waals surface area contributed by atoms with Crippen LogP contribution in [0, 0.1) is 0 Å². The van der Waals surface area contributed by atoms with Gasteiger partial charge in [0.2, 0.25) is 0 Å². The molecule has 24 heavy (non-hydrogen) atoms. The van der Waals surface area contributed by atoms with Crippen molar-refractivity contribution < 1.29 is 9.53 Å². The van der Waals surface area contributed by atoms with E-state index in [0.717, 1.165) is 22.7 Å². The molecule has 2 amide bonds. The van der Waals surface area contributed by atoms with Crippen LogP contribution in [0.2, 0.25) is 0 Å². The van der Waals surface area contributed by atoms with Gasteiger partial charge in [0.15, 0.2) is 0 Å². The molecule has 0 atom stereocenters. The van der Waals surface area contributed by atoms with Crippen molar-refractivity contribution in [2.24, 2.45) is 0 Å². The lowest BCUT2D eigenvalue weighted by Gasteiger charge is -2.10. The minimum Gasteiger partial charge on any atom is -0.497 e. The topological polar surface area (TPSA) is 55.3 Å². The van der Waals surface area contributed by atoms with Gasteiger partial charge in [-0.25, -0.2) is 4.79 Å². The fraction of sp³-hybridized carbons (Fsp3) is 0.105. The number of anilines is 1. The summed E-state index contributed by atoms with van der Waals surface area (Å²) in [5.74, 6) is 0.772. The van der Waals surface area contributed by atoms with Gasteiger partial charge in [-0.3, -0.25) is 0 Å². The molecule has 0 aliphatic heterocycles. The van der Waals surface area contributed by atoms with E-state index in [1.807, 2.05) is 77.6 Å². The third-order valence-electron chi connectivity index (χ3n) is 3.59. The number of hydrogen-bond acceptors (Lipinski definition) is 2. The number of hydrogen-bond donors (Lipinski definition) is 2. The Kier molecular flexibility index (Phi) is 4.81. The van der Waals surface area contributed by atoms with E-state index >= 15 is 0 Å². The van der Waals surface area contributed by atoms with E-state index in [9.17, 15) is 4.79 Å². The second-order valence-corrected chi connectivity index (χ2v) is 5.30. The van der Waals surface area contributed by atoms with Gasteiger partial charge in [0.25, 0.3) is 0 Å². The first-order valence-corrected chi connectivity index (χ1v) is 7.66. The second-order valence-electron chi connectivity index (χ2n) is 5.30. The number of aromatic nitrogens is 1. The molecular formula is C19H19N3O2. The molecule has 0 spiro atoms. The summed E-state index contributed by atoms with van der Waals surface area (Å²) < 4.78 is 7.16. The number of urea groups is 1. The van der Waals surface area contributed by atoms with Crippen molar-refractivity contribution in [3.05, 3.63) is 78.6 Å². The van der Waals surface area contributed by atoms with Crippen LogP contribution >= 0.6 is 0 Å². The maximum absolute atomic E-state index is 12.1. The summed E-state index contributed by atoms with van der Waals surface area (Å²) in [5, 5.41) is 5.69. The molecule has 2 N–H and O–H groups in total. The monoisotopic (exact) mass is 321 g/mol. The SMILES string of the molecule is COc1cccc(CNC(=O)Nc2cccc(-n3cccc3)c2)c1. The fourth-order valence-corrected chi connectivity index (χ4v) is 2.39. The van der Waals surface area contributed by atoms with Crippen molar-refractivity contribution in [3.63, 3.8) is 0 Å². The Hall–Kier alpha value is -3.21. The van der Waals surface area contributed by atoms with E-state index in [1.165, 1.54) is 0 Å². The van der Waals surface area contributed by atoms with Crippen molar-refractivity contribution in [3.8, 4) is 11.4 Å². The van der Waals surface area contributed by atoms with Crippen LogP contribution in [0.1, 0.15) is 5.56 Å². The molecule has 0 radical (unpaired) electrons. The highest BCUT2D eigenvalue weighted by Crippen LogP contribution is 2.15. The third-order valence-corrected chi connectivity index (χ3v) is 3.59. The zero-order chi connectivity index (χ0) is 16.8. The second kappa shape index (κ2) is 7.37. The summed E-state index contributed by atoms with van der Waals surface area (Å²) >= 11 is 0. The smallest absolute Gasteiger partial charge is 0.319 e. The molecule has 5 nitrogen and oxygen atoms in total. The number of amides is 2. The van der Waals surface area contributed by atoms with E-state index < -0.39 is 0 Å². The van der Waals surface area contributed by atoms with E-state index in [4.69, 9.17) is 4.74 Å². The Morgan fingerprint density at radius 1 is 1.04 bits per heavy atom. The number of rotatable bonds is 5. The Morgan fingerprint density at radius 2 is 1.83 bits per heavy atom. The molecule has 0 aliphatic carbocycles. The number of carbonyl (C=O) groups excluding carboxylic acids is 1. The average molecular weight is 321 g/mol. The Bertz CT molecular complexity index is 813. The van der Waals surface area contributed by atoms with Gasteiger partial charge in [-0.2, -0.15) is 0 Å². The Morgan fingerprint density at radius 3 is 2.62 bits per heavy atom. The van der Waals surface area contributed by atoms with Gasteiger partial charge < -0.3 is 19.9 Å². The first kappa shape index (κ1) is 15.7. The van der Waals surface area contributed by atoms with Crippen LogP contribution in [0.25, 0.3) is 5.69 Å². The molecule has 1 heterocycles. The summed E-state index contributed by atoms with van der Waals surface area (Å²) in [5.41, 5.74) is 2.71. The van der Waals surface area contributed by atoms with E-state index in [2.05, 4.69) is 10.6 Å². The maximum Gasteiger partial charge on any atom is 0.319 e. The van der Waals surface area contributed by atoms with Gasteiger partial charge in [0.05, 0.1) is 7.11 Å². The van der Waals surface area contributed by atoms with Crippen LogP contribution in [-0.4, -0.2) is 17.7 Å². The Labute approximate surface area is 140 Å². The predicted octanol–water partition coefficient (Wildman–Crippen LogP) is 3.81. The van der Waals surface area contributed by atoms with Crippen LogP contribution in [0.3, 0.4) is 0 Å². The standard InChI is InChI=1S/C19H19N3O2/c1-24-18-9-4-6-15(12-18)14-20-19(23)21-16-7-5-8-17(13-16)22-10-2-3-11-22/h2-13H,14H2,1H3,(H2,20,21,23). The largest absolute Gasteiger partial charge is 0.497 e. The molecule has 0 unspecified atom stereocenters. The first-order valence-electron chi connectivity index (χ1n) is 7.66. The van der Waals surface area contributed by atoms with Gasteiger partial charge in [-0.1, -0.05) is 18.2 Å². The maximum atomic E-state index is 12.1. The number of methoxy groups -OCH3 is 1. The van der Waals surface area contributed by atoms with Crippen LogP contribution in [0.15, 0.2) is 73.1 Å². The van der Waals surface area contributed by atoms with Crippen molar-refractivity contribution in [2.75, 3.05) is 12.4 Å². The van der Waals surface area contributed by atoms with Crippen LogP contribution in [0.5, 0.6) is 5.75 Å². The lowest BCUT2D eigenvalue weighted by Crippen LogP contribution is -2.28. The predicted molar refractivity (Wildman–Crippen MR) is 94.6 cm³/mol. The van der Waals surface area contributed by atoms with Crippen molar-refractivity contribution in [1.29, 1.82) is 0 Å². The minimum atomic E-state index is -0.248. The highest BCUT2D eigenvalue weighted by Gasteiger charge is 2.04. The molecule has 0 bridgehead atoms. The molecule has 0 saturated carbocycles. The van der Waals surface area contributed by atoms with Crippen LogP contribution < -0.4 is 15.4 Å². The normalized spacial score (nSPS) is 10.2. The molecule has 5 heteroatoms. The zero-order valence-corrected chi connectivity index (χ0v) is 13.4. The van der Waals surface area contributed by atoms with E-state index in [1.54, 1.807) is 7.11 Å². The molecular weight excluding hydrogens is 302 g/mol. The van der Waals surface area contributed by atoms with Gasteiger partial charge in [-0.05, 0) is 48.0 Å². The number of benzene rings is 2. The molecule has 3 rings (SSSR count). The fourth-order valence-electron chi connectivity index (χ4n) is 2.39. The lowest BCUT2D eigenvalue weighted by molar-refractivity contribution is 0.251. The first-order chi connectivity index (χ1) is 11.7. The third kappa shape index (κ3) is 3.95. The summed E-state index contributed by atoms with van der Waals surface area (Å²) in [6.45, 7) is 0.431. The zero-order valence-electron chi connectivity index (χ0n) is 13.4. The summed E-state index contributed by atoms with van der Waals surface area (Å²) in [6, 6.07) is 19.0. The summed E-state index contributed by atoms with van der Waals surface area (Å²) in [4.78, 5) is 12.1. The van der Waals surface area contributed by atoms with E-state index in [-0.39, 0.29) is 6.03 Å². The summed E-state index contributed by atoms with van der Waals surface area (Å²) in [6.07, 6.45) is 3.92. The van der Waals surface area contributed by atoms with Gasteiger partial charge in [0.1, 0.15) is 5.75 Å². The quantitative estimate of drug-likeness (QED) is 0.751. The van der Waals surface area contributed by atoms with Crippen LogP contribution in [0.4, 0.5) is 10.5 Å². The van der Waals surface area contributed by atoms with Crippen molar-refractivity contribution in [1.82, 2.24) is 9.88 Å². The van der Waals surface area contributed by atoms with Crippen molar-refractivity contribution >= 4 is 11.7 Å². The molecule has 3 aromatic rings. The highest BCUT2D eigenvalue weighted by molar-refractivity contribution is 5.89. The van der Waals surface area contributed by atoms with Gasteiger partial charge in [0, 0.05) is 30.3 Å². The number of ether oxygens (including phenoxy) is 1. The minimum absolute atomic E-state index is 0.248. The molecule has 1 aromatic heterocycles. The number of carbonyl (C=O) groups is 1. The van der Waals surface area contributed by atoms with Gasteiger partial charge >= 0.3 is 6.03 Å². The highest BCUT2D eigenvalue weighted by atomic mass is 16.5.